The Morgan fingerprint density at radius 1 is 1.32 bits per heavy atom. The Hall–Kier alpha value is -1.18. The molecule has 3 aromatic rings. The van der Waals surface area contributed by atoms with E-state index < -0.39 is 0 Å². The lowest BCUT2D eigenvalue weighted by atomic mass is 10.1. The van der Waals surface area contributed by atoms with Crippen molar-refractivity contribution in [3.8, 4) is 0 Å². The minimum absolute atomic E-state index is 0.210. The van der Waals surface area contributed by atoms with Crippen LogP contribution in [0.4, 0.5) is 5.69 Å². The molecule has 1 saturated heterocycles. The highest BCUT2D eigenvalue weighted by Gasteiger charge is 2.23. The molecule has 1 unspecified atom stereocenters. The van der Waals surface area contributed by atoms with E-state index in [2.05, 4.69) is 40.5 Å². The van der Waals surface area contributed by atoms with Crippen molar-refractivity contribution in [1.29, 1.82) is 0 Å². The predicted molar refractivity (Wildman–Crippen MR) is 125 cm³/mol. The Morgan fingerprint density at radius 3 is 2.75 bits per heavy atom. The van der Waals surface area contributed by atoms with E-state index in [0.29, 0.717) is 5.15 Å². The summed E-state index contributed by atoms with van der Waals surface area (Å²) in [7, 11) is 1.50. The van der Waals surface area contributed by atoms with E-state index in [4.69, 9.17) is 16.3 Å². The second kappa shape index (κ2) is 11.7. The molecule has 1 atom stereocenters. The maximum absolute atomic E-state index is 6.28. The zero-order valence-electron chi connectivity index (χ0n) is 17.0. The number of rotatable bonds is 4. The van der Waals surface area contributed by atoms with Crippen LogP contribution < -0.4 is 11.1 Å². The van der Waals surface area contributed by atoms with E-state index in [0.717, 1.165) is 37.2 Å². The third-order valence-electron chi connectivity index (χ3n) is 4.38. The van der Waals surface area contributed by atoms with Crippen molar-refractivity contribution in [2.75, 3.05) is 19.0 Å². The zero-order valence-corrected chi connectivity index (χ0v) is 19.4. The molecule has 0 aromatic carbocycles. The number of hydrogen-bond acceptors (Lipinski definition) is 6. The largest absolute Gasteiger partial charge is 0.379 e. The molecule has 0 bridgehead atoms. The van der Waals surface area contributed by atoms with E-state index >= 15 is 0 Å². The summed E-state index contributed by atoms with van der Waals surface area (Å²) in [6.45, 7) is 7.80. The van der Waals surface area contributed by atoms with Gasteiger partial charge in [0.15, 0.2) is 0 Å². The van der Waals surface area contributed by atoms with Crippen LogP contribution in [0.15, 0.2) is 23.6 Å². The number of nitrogens with one attached hydrogen (secondary N) is 1. The molecule has 0 aliphatic carbocycles. The number of thiophene rings is 2. The fraction of sp³-hybridized carbons (Fsp3) is 0.476. The molecule has 3 N–H and O–H groups in total. The number of ether oxygens (including phenoxy) is 1. The molecule has 0 amide bonds. The first-order valence-corrected chi connectivity index (χ1v) is 11.8. The lowest BCUT2D eigenvalue weighted by Crippen LogP contribution is -2.10. The summed E-state index contributed by atoms with van der Waals surface area (Å²) in [6, 6.07) is 6.14. The Balaban J connectivity index is 0.000000660. The Morgan fingerprint density at radius 2 is 2.11 bits per heavy atom. The summed E-state index contributed by atoms with van der Waals surface area (Å²) in [5.74, 6) is 0. The summed E-state index contributed by atoms with van der Waals surface area (Å²) in [5, 5.41) is 6.16. The van der Waals surface area contributed by atoms with Crippen LogP contribution in [0.2, 0.25) is 5.15 Å². The van der Waals surface area contributed by atoms with Crippen molar-refractivity contribution in [2.45, 2.75) is 52.7 Å². The molecule has 0 radical (unpaired) electrons. The molecule has 1 aliphatic heterocycles. The smallest absolute Gasteiger partial charge is 0.131 e. The first kappa shape index (κ1) is 23.1. The molecular formula is C21H30ClN3OS2. The molecule has 1 fully saturated rings. The number of pyridine rings is 1. The van der Waals surface area contributed by atoms with Crippen LogP contribution in [0.3, 0.4) is 0 Å². The number of nitrogens with zero attached hydrogens (tertiary/aromatic N) is 1. The molecule has 7 heteroatoms. The average Bonchev–Trinajstić information content (AvgIpc) is 3.38. The van der Waals surface area contributed by atoms with Crippen LogP contribution >= 0.6 is 34.3 Å². The van der Waals surface area contributed by atoms with Gasteiger partial charge in [-0.05, 0) is 50.2 Å². The fourth-order valence-corrected chi connectivity index (χ4v) is 5.31. The van der Waals surface area contributed by atoms with Gasteiger partial charge in [-0.25, -0.2) is 4.98 Å². The molecule has 4 rings (SSSR count). The van der Waals surface area contributed by atoms with Crippen LogP contribution in [0.25, 0.3) is 10.2 Å². The lowest BCUT2D eigenvalue weighted by Gasteiger charge is -2.22. The van der Waals surface area contributed by atoms with Crippen molar-refractivity contribution >= 4 is 50.2 Å². The van der Waals surface area contributed by atoms with E-state index in [9.17, 15) is 0 Å². The van der Waals surface area contributed by atoms with Gasteiger partial charge in [-0.3, -0.25) is 0 Å². The minimum atomic E-state index is 0.210. The van der Waals surface area contributed by atoms with Crippen molar-refractivity contribution in [2.24, 2.45) is 5.73 Å². The Labute approximate surface area is 181 Å². The molecule has 154 valence electrons. The highest BCUT2D eigenvalue weighted by molar-refractivity contribution is 7.20. The molecule has 1 aliphatic rings. The summed E-state index contributed by atoms with van der Waals surface area (Å²) < 4.78 is 7.17. The summed E-state index contributed by atoms with van der Waals surface area (Å²) in [4.78, 5) is 7.19. The van der Waals surface area contributed by atoms with Gasteiger partial charge in [0.05, 0.1) is 22.0 Å². The number of hydrogen-bond donors (Lipinski definition) is 2. The topological polar surface area (TPSA) is 60.2 Å². The second-order valence-corrected chi connectivity index (χ2v) is 8.52. The lowest BCUT2D eigenvalue weighted by molar-refractivity contribution is 0.0169. The molecule has 4 nitrogen and oxygen atoms in total. The Bertz CT molecular complexity index is 843. The van der Waals surface area contributed by atoms with Crippen molar-refractivity contribution in [3.05, 3.63) is 44.1 Å². The molecule has 3 aromatic heterocycles. The standard InChI is InChI=1S/C18H19ClN2OS2.C2H6.CH5N/c1-11-16-18(24-17(11)14-6-2-3-7-22-14)13(9-15(19)21-16)20-10-12-5-4-8-23-12;2*1-2/h4-5,8-9,14H,2-3,6-7,10H2,1H3,(H,20,21);1-2H3;2H2,1H3. The maximum Gasteiger partial charge on any atom is 0.131 e. The third kappa shape index (κ3) is 5.45. The maximum atomic E-state index is 6.28. The van der Waals surface area contributed by atoms with Gasteiger partial charge in [-0.2, -0.15) is 0 Å². The summed E-state index contributed by atoms with van der Waals surface area (Å²) >= 11 is 9.83. The van der Waals surface area contributed by atoms with Crippen LogP contribution in [-0.4, -0.2) is 18.6 Å². The third-order valence-corrected chi connectivity index (χ3v) is 6.86. The molecule has 0 spiro atoms. The fourth-order valence-electron chi connectivity index (χ4n) is 3.14. The quantitative estimate of drug-likeness (QED) is 0.440. The van der Waals surface area contributed by atoms with Gasteiger partial charge in [0.25, 0.3) is 0 Å². The highest BCUT2D eigenvalue weighted by atomic mass is 35.5. The SMILES string of the molecule is CC.CN.Cc1c(C2CCCCO2)sc2c(NCc3cccs3)cc(Cl)nc12. The van der Waals surface area contributed by atoms with Crippen LogP contribution in [0, 0.1) is 6.92 Å². The first-order chi connectivity index (χ1) is 13.7. The van der Waals surface area contributed by atoms with Gasteiger partial charge in [0.1, 0.15) is 5.15 Å². The number of aromatic nitrogens is 1. The van der Waals surface area contributed by atoms with E-state index in [1.807, 2.05) is 19.9 Å². The zero-order chi connectivity index (χ0) is 20.5. The molecule has 0 saturated carbocycles. The number of anilines is 1. The molecule has 28 heavy (non-hydrogen) atoms. The van der Waals surface area contributed by atoms with E-state index in [1.165, 1.54) is 33.5 Å². The minimum Gasteiger partial charge on any atom is -0.379 e. The van der Waals surface area contributed by atoms with Gasteiger partial charge in [0.2, 0.25) is 0 Å². The molecule has 4 heterocycles. The van der Waals surface area contributed by atoms with Gasteiger partial charge >= 0.3 is 0 Å². The van der Waals surface area contributed by atoms with E-state index in [1.54, 1.807) is 22.7 Å². The number of aryl methyl sites for hydroxylation is 1. The molecular weight excluding hydrogens is 410 g/mol. The number of halogens is 1. The van der Waals surface area contributed by atoms with Crippen molar-refractivity contribution in [1.82, 2.24) is 4.98 Å². The second-order valence-electron chi connectivity index (χ2n) is 6.05. The van der Waals surface area contributed by atoms with Crippen molar-refractivity contribution < 1.29 is 4.74 Å². The van der Waals surface area contributed by atoms with Crippen LogP contribution in [0.1, 0.15) is 54.5 Å². The normalized spacial score (nSPS) is 16.0. The Kier molecular flexibility index (Phi) is 9.68. The predicted octanol–water partition coefficient (Wildman–Crippen LogP) is 6.77. The average molecular weight is 440 g/mol. The number of fused-ring (bicyclic) bond motifs is 1. The number of nitrogens with two attached hydrogens (primary N) is 1. The monoisotopic (exact) mass is 439 g/mol. The first-order valence-electron chi connectivity index (χ1n) is 9.77. The van der Waals surface area contributed by atoms with Crippen LogP contribution in [-0.2, 0) is 11.3 Å². The van der Waals surface area contributed by atoms with E-state index in [-0.39, 0.29) is 6.10 Å². The van der Waals surface area contributed by atoms with Gasteiger partial charge in [-0.1, -0.05) is 31.5 Å². The van der Waals surface area contributed by atoms with Crippen LogP contribution in [0.5, 0.6) is 0 Å². The van der Waals surface area contributed by atoms with Gasteiger partial charge < -0.3 is 15.8 Å². The van der Waals surface area contributed by atoms with Crippen molar-refractivity contribution in [3.63, 3.8) is 0 Å². The highest BCUT2D eigenvalue weighted by Crippen LogP contribution is 2.42. The summed E-state index contributed by atoms with van der Waals surface area (Å²) in [5.41, 5.74) is 7.78. The van der Waals surface area contributed by atoms with Gasteiger partial charge in [-0.15, -0.1) is 22.7 Å². The van der Waals surface area contributed by atoms with Gasteiger partial charge in [0, 0.05) is 29.0 Å². The summed E-state index contributed by atoms with van der Waals surface area (Å²) in [6.07, 6.45) is 3.70.